The van der Waals surface area contributed by atoms with E-state index in [1.165, 1.54) is 32.1 Å². The molecular weight excluding hydrogens is 274 g/mol. The lowest BCUT2D eigenvalue weighted by molar-refractivity contribution is 0.345. The highest BCUT2D eigenvalue weighted by Gasteiger charge is 2.25. The lowest BCUT2D eigenvalue weighted by Gasteiger charge is -2.28. The van der Waals surface area contributed by atoms with Crippen LogP contribution in [0.2, 0.25) is 0 Å². The Bertz CT molecular complexity index is 533. The van der Waals surface area contributed by atoms with E-state index in [0.717, 1.165) is 29.7 Å². The predicted octanol–water partition coefficient (Wildman–Crippen LogP) is 3.45. The summed E-state index contributed by atoms with van der Waals surface area (Å²) in [7, 11) is 0. The monoisotopic (exact) mass is 295 g/mol. The van der Waals surface area contributed by atoms with Crippen molar-refractivity contribution >= 4 is 18.2 Å². The molecule has 20 heavy (non-hydrogen) atoms. The molecule has 2 heterocycles. The SMILES string of the molecule is CCNc1nc(C)n(C2CCCCC2)c2ncnc1-2.Cl. The van der Waals surface area contributed by atoms with Crippen LogP contribution in [-0.2, 0) is 0 Å². The van der Waals surface area contributed by atoms with Gasteiger partial charge in [0.25, 0.3) is 0 Å². The van der Waals surface area contributed by atoms with Crippen LogP contribution in [0.4, 0.5) is 5.82 Å². The van der Waals surface area contributed by atoms with E-state index in [0.29, 0.717) is 6.04 Å². The molecule has 1 saturated carbocycles. The summed E-state index contributed by atoms with van der Waals surface area (Å²) in [6.07, 6.45) is 8.08. The number of hydrogen-bond donors (Lipinski definition) is 1. The van der Waals surface area contributed by atoms with Gasteiger partial charge in [-0.25, -0.2) is 15.0 Å². The molecule has 0 amide bonds. The van der Waals surface area contributed by atoms with Crippen LogP contribution in [0.15, 0.2) is 6.33 Å². The molecule has 1 N–H and O–H groups in total. The lowest BCUT2D eigenvalue weighted by atomic mass is 9.95. The second-order valence-corrected chi connectivity index (χ2v) is 5.25. The molecule has 1 aliphatic carbocycles. The van der Waals surface area contributed by atoms with Crippen molar-refractivity contribution in [3.05, 3.63) is 12.2 Å². The molecule has 0 unspecified atom stereocenters. The fourth-order valence-electron chi connectivity index (χ4n) is 3.09. The third kappa shape index (κ3) is 2.59. The number of nitrogens with one attached hydrogen (secondary N) is 1. The second kappa shape index (κ2) is 6.39. The normalized spacial score (nSPS) is 16.1. The van der Waals surface area contributed by atoms with Crippen LogP contribution >= 0.6 is 12.4 Å². The highest BCUT2D eigenvalue weighted by atomic mass is 35.5. The Morgan fingerprint density at radius 2 is 2.00 bits per heavy atom. The van der Waals surface area contributed by atoms with E-state index in [2.05, 4.69) is 38.7 Å². The maximum Gasteiger partial charge on any atom is 0.165 e. The summed E-state index contributed by atoms with van der Waals surface area (Å²) in [6.45, 7) is 4.99. The molecule has 0 atom stereocenters. The minimum atomic E-state index is 0. The molecule has 3 rings (SSSR count). The third-order valence-electron chi connectivity index (χ3n) is 3.94. The van der Waals surface area contributed by atoms with Gasteiger partial charge in [0.15, 0.2) is 17.3 Å². The molecule has 0 aromatic carbocycles. The molecule has 5 nitrogen and oxygen atoms in total. The molecule has 0 spiro atoms. The zero-order chi connectivity index (χ0) is 13.2. The van der Waals surface area contributed by atoms with Crippen molar-refractivity contribution in [1.29, 1.82) is 0 Å². The molecule has 1 fully saturated rings. The van der Waals surface area contributed by atoms with Crippen LogP contribution in [0.25, 0.3) is 11.5 Å². The van der Waals surface area contributed by atoms with Crippen molar-refractivity contribution in [3.63, 3.8) is 0 Å². The smallest absolute Gasteiger partial charge is 0.165 e. The minimum absolute atomic E-state index is 0. The second-order valence-electron chi connectivity index (χ2n) is 5.25. The standard InChI is InChI=1S/C14H21N5.ClH/c1-3-15-13-12-14(17-9-16-12)19(10(2)18-13)11-7-5-4-6-8-11;/h9,11,15H,3-8H2,1-2H3;1H. The van der Waals surface area contributed by atoms with E-state index in [9.17, 15) is 0 Å². The van der Waals surface area contributed by atoms with Crippen LogP contribution in [-0.4, -0.2) is 26.1 Å². The molecule has 0 bridgehead atoms. The first kappa shape index (κ1) is 15.0. The van der Waals surface area contributed by atoms with Crippen molar-refractivity contribution in [3.8, 4) is 11.5 Å². The van der Waals surface area contributed by atoms with Crippen LogP contribution in [0.5, 0.6) is 0 Å². The number of fused-ring (bicyclic) bond motifs is 1. The number of imidazole rings is 1. The number of aromatic nitrogens is 4. The van der Waals surface area contributed by atoms with Crippen LogP contribution in [0.1, 0.15) is 50.9 Å². The molecule has 110 valence electrons. The Morgan fingerprint density at radius 1 is 1.25 bits per heavy atom. The van der Waals surface area contributed by atoms with Crippen molar-refractivity contribution in [2.45, 2.75) is 52.0 Å². The molecule has 0 aromatic heterocycles. The van der Waals surface area contributed by atoms with Gasteiger partial charge in [0.2, 0.25) is 0 Å². The summed E-state index contributed by atoms with van der Waals surface area (Å²) in [4.78, 5) is 13.5. The van der Waals surface area contributed by atoms with Gasteiger partial charge in [0, 0.05) is 12.6 Å². The van der Waals surface area contributed by atoms with E-state index in [1.54, 1.807) is 6.33 Å². The fraction of sp³-hybridized carbons (Fsp3) is 0.643. The average molecular weight is 296 g/mol. The van der Waals surface area contributed by atoms with Crippen molar-refractivity contribution in [1.82, 2.24) is 19.5 Å². The van der Waals surface area contributed by atoms with Crippen LogP contribution in [0, 0.1) is 6.92 Å². The maximum atomic E-state index is 4.69. The molecule has 0 radical (unpaired) electrons. The Hall–Kier alpha value is -1.36. The topological polar surface area (TPSA) is 55.6 Å². The first-order valence-electron chi connectivity index (χ1n) is 7.24. The number of nitrogens with zero attached hydrogens (tertiary/aromatic N) is 4. The van der Waals surface area contributed by atoms with Crippen molar-refractivity contribution in [2.24, 2.45) is 0 Å². The summed E-state index contributed by atoms with van der Waals surface area (Å²) < 4.78 is 2.29. The highest BCUT2D eigenvalue weighted by molar-refractivity contribution is 5.85. The van der Waals surface area contributed by atoms with E-state index in [1.807, 2.05) is 0 Å². The molecule has 0 aromatic rings. The predicted molar refractivity (Wildman–Crippen MR) is 82.7 cm³/mol. The summed E-state index contributed by atoms with van der Waals surface area (Å²) in [6, 6.07) is 0.538. The van der Waals surface area contributed by atoms with Gasteiger partial charge in [0.1, 0.15) is 12.2 Å². The molecule has 3 aliphatic rings. The van der Waals surface area contributed by atoms with Gasteiger partial charge < -0.3 is 9.88 Å². The van der Waals surface area contributed by atoms with Crippen molar-refractivity contribution in [2.75, 3.05) is 11.9 Å². The van der Waals surface area contributed by atoms with Gasteiger partial charge in [-0.15, -0.1) is 12.4 Å². The Labute approximate surface area is 126 Å². The third-order valence-corrected chi connectivity index (χ3v) is 3.94. The zero-order valence-electron chi connectivity index (χ0n) is 12.1. The van der Waals surface area contributed by atoms with Crippen LogP contribution in [0.3, 0.4) is 0 Å². The Balaban J connectivity index is 0.00000147. The summed E-state index contributed by atoms with van der Waals surface area (Å²) >= 11 is 0. The number of hydrogen-bond acceptors (Lipinski definition) is 4. The van der Waals surface area contributed by atoms with Gasteiger partial charge in [-0.05, 0) is 26.7 Å². The zero-order valence-corrected chi connectivity index (χ0v) is 12.9. The first-order chi connectivity index (χ1) is 9.31. The minimum Gasteiger partial charge on any atom is -0.368 e. The maximum absolute atomic E-state index is 4.69. The molecule has 6 heteroatoms. The van der Waals surface area contributed by atoms with Gasteiger partial charge in [-0.2, -0.15) is 0 Å². The first-order valence-corrected chi connectivity index (χ1v) is 7.24. The largest absolute Gasteiger partial charge is 0.368 e. The summed E-state index contributed by atoms with van der Waals surface area (Å²) in [5, 5.41) is 3.28. The number of halogens is 1. The van der Waals surface area contributed by atoms with E-state index in [4.69, 9.17) is 0 Å². The van der Waals surface area contributed by atoms with Gasteiger partial charge in [-0.1, -0.05) is 19.3 Å². The van der Waals surface area contributed by atoms with Gasteiger partial charge in [0.05, 0.1) is 0 Å². The van der Waals surface area contributed by atoms with E-state index in [-0.39, 0.29) is 12.4 Å². The number of rotatable bonds is 3. The molecule has 2 aliphatic heterocycles. The molecular formula is C14H22ClN5. The van der Waals surface area contributed by atoms with Crippen LogP contribution < -0.4 is 5.32 Å². The highest BCUT2D eigenvalue weighted by Crippen LogP contribution is 2.35. The number of anilines is 1. The van der Waals surface area contributed by atoms with Crippen molar-refractivity contribution < 1.29 is 0 Å². The van der Waals surface area contributed by atoms with Gasteiger partial charge in [-0.3, -0.25) is 0 Å². The average Bonchev–Trinajstić information content (AvgIpc) is 2.89. The quantitative estimate of drug-likeness (QED) is 0.942. The molecule has 0 saturated heterocycles. The number of aryl methyl sites for hydroxylation is 1. The fourth-order valence-corrected chi connectivity index (χ4v) is 3.09. The Morgan fingerprint density at radius 3 is 2.70 bits per heavy atom. The Kier molecular flexibility index (Phi) is 4.81. The lowest BCUT2D eigenvalue weighted by Crippen LogP contribution is -2.20. The summed E-state index contributed by atoms with van der Waals surface area (Å²) in [5.74, 6) is 2.88. The van der Waals surface area contributed by atoms with E-state index < -0.39 is 0 Å². The van der Waals surface area contributed by atoms with E-state index >= 15 is 0 Å². The summed E-state index contributed by atoms with van der Waals surface area (Å²) in [5.41, 5.74) is 0.901. The van der Waals surface area contributed by atoms with Gasteiger partial charge >= 0.3 is 0 Å².